The van der Waals surface area contributed by atoms with Gasteiger partial charge in [-0.25, -0.2) is 0 Å². The van der Waals surface area contributed by atoms with E-state index >= 15 is 0 Å². The fourth-order valence-corrected chi connectivity index (χ4v) is 3.67. The molecular formula is C21H37IN4O. The van der Waals surface area contributed by atoms with E-state index in [4.69, 9.17) is 0 Å². The number of rotatable bonds is 8. The number of nitrogens with one attached hydrogen (secondary N) is 2. The van der Waals surface area contributed by atoms with Crippen LogP contribution in [-0.2, 0) is 0 Å². The molecule has 0 spiro atoms. The maximum Gasteiger partial charge on any atom is 0.191 e. The quantitative estimate of drug-likeness (QED) is 0.299. The van der Waals surface area contributed by atoms with Crippen LogP contribution in [0, 0.1) is 5.92 Å². The number of aliphatic hydroxyl groups is 1. The Hall–Kier alpha value is -0.860. The third kappa shape index (κ3) is 8.35. The Morgan fingerprint density at radius 3 is 2.59 bits per heavy atom. The first-order valence-electron chi connectivity index (χ1n) is 9.98. The highest BCUT2D eigenvalue weighted by atomic mass is 127. The SMILES string of the molecule is CN=C(NCC(CO)c1ccccc1)NCC1CCCCN1CC(C)C.I. The predicted octanol–water partition coefficient (Wildman–Crippen LogP) is 3.06. The molecule has 154 valence electrons. The zero-order valence-corrected chi connectivity index (χ0v) is 19.4. The van der Waals surface area contributed by atoms with E-state index < -0.39 is 0 Å². The van der Waals surface area contributed by atoms with Gasteiger partial charge in [-0.3, -0.25) is 9.89 Å². The molecule has 0 amide bonds. The van der Waals surface area contributed by atoms with E-state index in [1.54, 1.807) is 7.05 Å². The molecule has 1 aliphatic rings. The summed E-state index contributed by atoms with van der Waals surface area (Å²) in [5, 5.41) is 16.6. The highest BCUT2D eigenvalue weighted by Crippen LogP contribution is 2.18. The molecule has 1 aromatic carbocycles. The number of hydrogen-bond acceptors (Lipinski definition) is 3. The minimum atomic E-state index is 0. The number of nitrogens with zero attached hydrogens (tertiary/aromatic N) is 2. The Kier molecular flexibility index (Phi) is 11.9. The predicted molar refractivity (Wildman–Crippen MR) is 125 cm³/mol. The normalized spacial score (nSPS) is 19.4. The van der Waals surface area contributed by atoms with Crippen molar-refractivity contribution in [1.82, 2.24) is 15.5 Å². The summed E-state index contributed by atoms with van der Waals surface area (Å²) in [6, 6.07) is 10.7. The maximum absolute atomic E-state index is 9.71. The Balaban J connectivity index is 0.00000364. The van der Waals surface area contributed by atoms with Gasteiger partial charge in [-0.15, -0.1) is 24.0 Å². The van der Waals surface area contributed by atoms with Crippen LogP contribution in [0.25, 0.3) is 0 Å². The van der Waals surface area contributed by atoms with Crippen molar-refractivity contribution in [3.8, 4) is 0 Å². The zero-order valence-electron chi connectivity index (χ0n) is 17.0. The topological polar surface area (TPSA) is 59.9 Å². The van der Waals surface area contributed by atoms with Crippen LogP contribution < -0.4 is 10.6 Å². The van der Waals surface area contributed by atoms with E-state index in [1.165, 1.54) is 32.4 Å². The number of benzene rings is 1. The number of aliphatic imine (C=N–C) groups is 1. The van der Waals surface area contributed by atoms with Crippen LogP contribution in [0.2, 0.25) is 0 Å². The number of aliphatic hydroxyl groups excluding tert-OH is 1. The smallest absolute Gasteiger partial charge is 0.191 e. The number of halogens is 1. The Labute approximate surface area is 182 Å². The van der Waals surface area contributed by atoms with Crippen LogP contribution >= 0.6 is 24.0 Å². The van der Waals surface area contributed by atoms with Crippen molar-refractivity contribution in [2.45, 2.75) is 45.1 Å². The van der Waals surface area contributed by atoms with Crippen molar-refractivity contribution in [3.63, 3.8) is 0 Å². The van der Waals surface area contributed by atoms with Crippen molar-refractivity contribution < 1.29 is 5.11 Å². The van der Waals surface area contributed by atoms with E-state index in [9.17, 15) is 5.11 Å². The van der Waals surface area contributed by atoms with Crippen molar-refractivity contribution in [3.05, 3.63) is 35.9 Å². The first-order valence-corrected chi connectivity index (χ1v) is 9.98. The average molecular weight is 488 g/mol. The second-order valence-electron chi connectivity index (χ2n) is 7.66. The van der Waals surface area contributed by atoms with E-state index in [0.29, 0.717) is 18.5 Å². The molecule has 0 aromatic heterocycles. The molecule has 0 bridgehead atoms. The largest absolute Gasteiger partial charge is 0.396 e. The maximum atomic E-state index is 9.71. The number of piperidine rings is 1. The Bertz CT molecular complexity index is 538. The van der Waals surface area contributed by atoms with E-state index in [2.05, 4.69) is 46.5 Å². The lowest BCUT2D eigenvalue weighted by Crippen LogP contribution is -2.50. The minimum absolute atomic E-state index is 0. The van der Waals surface area contributed by atoms with Gasteiger partial charge in [0.05, 0.1) is 6.61 Å². The van der Waals surface area contributed by atoms with Gasteiger partial charge >= 0.3 is 0 Å². The third-order valence-corrected chi connectivity index (χ3v) is 5.08. The number of hydrogen-bond donors (Lipinski definition) is 3. The number of guanidine groups is 1. The van der Waals surface area contributed by atoms with Gasteiger partial charge in [0.1, 0.15) is 0 Å². The number of likely N-dealkylation sites (tertiary alicyclic amines) is 1. The molecule has 6 heteroatoms. The van der Waals surface area contributed by atoms with Crippen molar-refractivity contribution in [2.24, 2.45) is 10.9 Å². The molecule has 2 unspecified atom stereocenters. The Morgan fingerprint density at radius 2 is 1.96 bits per heavy atom. The van der Waals surface area contributed by atoms with E-state index in [0.717, 1.165) is 18.1 Å². The van der Waals surface area contributed by atoms with Crippen molar-refractivity contribution in [2.75, 3.05) is 39.8 Å². The lowest BCUT2D eigenvalue weighted by molar-refractivity contribution is 0.133. The van der Waals surface area contributed by atoms with Gasteiger partial charge in [0.2, 0.25) is 0 Å². The minimum Gasteiger partial charge on any atom is -0.396 e. The van der Waals surface area contributed by atoms with E-state index in [1.807, 2.05) is 18.2 Å². The van der Waals surface area contributed by atoms with Crippen LogP contribution in [0.3, 0.4) is 0 Å². The monoisotopic (exact) mass is 488 g/mol. The van der Waals surface area contributed by atoms with Gasteiger partial charge in [-0.05, 0) is 30.9 Å². The zero-order chi connectivity index (χ0) is 18.8. The summed E-state index contributed by atoms with van der Waals surface area (Å²) < 4.78 is 0. The first-order chi connectivity index (χ1) is 12.6. The van der Waals surface area contributed by atoms with Gasteiger partial charge in [-0.2, -0.15) is 0 Å². The standard InChI is InChI=1S/C21H36N4O.HI/c1-17(2)15-25-12-8-7-11-20(25)14-24-21(22-3)23-13-19(16-26)18-9-5-4-6-10-18;/h4-6,9-10,17,19-20,26H,7-8,11-16H2,1-3H3,(H2,22,23,24);1H. The second-order valence-corrected chi connectivity index (χ2v) is 7.66. The van der Waals surface area contributed by atoms with Gasteiger partial charge < -0.3 is 15.7 Å². The van der Waals surface area contributed by atoms with Gasteiger partial charge in [0, 0.05) is 38.6 Å². The molecule has 1 fully saturated rings. The van der Waals surface area contributed by atoms with Crippen LogP contribution in [0.1, 0.15) is 44.6 Å². The summed E-state index contributed by atoms with van der Waals surface area (Å²) in [4.78, 5) is 6.97. The van der Waals surface area contributed by atoms with Gasteiger partial charge in [0.15, 0.2) is 5.96 Å². The average Bonchev–Trinajstić information content (AvgIpc) is 2.66. The van der Waals surface area contributed by atoms with Crippen molar-refractivity contribution >= 4 is 29.9 Å². The molecule has 0 saturated carbocycles. The second kappa shape index (κ2) is 13.3. The highest BCUT2D eigenvalue weighted by Gasteiger charge is 2.23. The van der Waals surface area contributed by atoms with Gasteiger partial charge in [-0.1, -0.05) is 50.6 Å². The molecule has 0 aliphatic carbocycles. The van der Waals surface area contributed by atoms with Crippen LogP contribution in [0.15, 0.2) is 35.3 Å². The van der Waals surface area contributed by atoms with Crippen LogP contribution in [0.4, 0.5) is 0 Å². The molecule has 1 saturated heterocycles. The summed E-state index contributed by atoms with van der Waals surface area (Å²) in [5.41, 5.74) is 1.15. The van der Waals surface area contributed by atoms with E-state index in [-0.39, 0.29) is 36.5 Å². The lowest BCUT2D eigenvalue weighted by atomic mass is 10.00. The molecule has 1 aromatic rings. The van der Waals surface area contributed by atoms with Crippen molar-refractivity contribution in [1.29, 1.82) is 0 Å². The first kappa shape index (κ1) is 24.2. The van der Waals surface area contributed by atoms with Crippen LogP contribution in [0.5, 0.6) is 0 Å². The fraction of sp³-hybridized carbons (Fsp3) is 0.667. The summed E-state index contributed by atoms with van der Waals surface area (Å²) in [6.07, 6.45) is 3.87. The fourth-order valence-electron chi connectivity index (χ4n) is 3.67. The molecule has 2 rings (SSSR count). The molecule has 3 N–H and O–H groups in total. The summed E-state index contributed by atoms with van der Waals surface area (Å²) in [5.74, 6) is 1.58. The molecule has 1 heterocycles. The highest BCUT2D eigenvalue weighted by molar-refractivity contribution is 14.0. The lowest BCUT2D eigenvalue weighted by Gasteiger charge is -2.37. The molecule has 27 heavy (non-hydrogen) atoms. The summed E-state index contributed by atoms with van der Waals surface area (Å²) in [6.45, 7) is 8.66. The summed E-state index contributed by atoms with van der Waals surface area (Å²) in [7, 11) is 1.80. The molecule has 5 nitrogen and oxygen atoms in total. The summed E-state index contributed by atoms with van der Waals surface area (Å²) >= 11 is 0. The third-order valence-electron chi connectivity index (χ3n) is 5.08. The molecule has 2 atom stereocenters. The molecule has 1 aliphatic heterocycles. The molecule has 0 radical (unpaired) electrons. The Morgan fingerprint density at radius 1 is 1.22 bits per heavy atom. The van der Waals surface area contributed by atoms with Crippen LogP contribution in [-0.4, -0.2) is 61.8 Å². The van der Waals surface area contributed by atoms with Gasteiger partial charge in [0.25, 0.3) is 0 Å². The molecular weight excluding hydrogens is 451 g/mol.